The zero-order chi connectivity index (χ0) is 19.6. The van der Waals surface area contributed by atoms with Gasteiger partial charge >= 0.3 is 0 Å². The lowest BCUT2D eigenvalue weighted by atomic mass is 9.92. The molecule has 1 atom stereocenters. The van der Waals surface area contributed by atoms with Crippen molar-refractivity contribution in [1.29, 1.82) is 0 Å². The van der Waals surface area contributed by atoms with Crippen molar-refractivity contribution in [1.82, 2.24) is 0 Å². The summed E-state index contributed by atoms with van der Waals surface area (Å²) < 4.78 is 5.30. The highest BCUT2D eigenvalue weighted by molar-refractivity contribution is 6.16. The maximum Gasteiger partial charge on any atom is 0.294 e. The number of aliphatic hydroxyl groups is 1. The van der Waals surface area contributed by atoms with E-state index in [0.29, 0.717) is 17.0 Å². The normalized spacial score (nSPS) is 17.0. The Balaban J connectivity index is 2.15. The van der Waals surface area contributed by atoms with Crippen LogP contribution in [0.4, 0.5) is 5.69 Å². The largest absolute Gasteiger partial charge is 0.503 e. The highest BCUT2D eigenvalue weighted by atomic mass is 16.5. The van der Waals surface area contributed by atoms with Crippen LogP contribution in [0, 0.1) is 5.92 Å². The fourth-order valence-electron chi connectivity index (χ4n) is 3.35. The average molecular weight is 365 g/mol. The van der Waals surface area contributed by atoms with Gasteiger partial charge in [0.2, 0.25) is 0 Å². The number of amides is 1. The summed E-state index contributed by atoms with van der Waals surface area (Å²) >= 11 is 0. The van der Waals surface area contributed by atoms with E-state index < -0.39 is 17.7 Å². The van der Waals surface area contributed by atoms with E-state index in [2.05, 4.69) is 0 Å². The van der Waals surface area contributed by atoms with Gasteiger partial charge in [-0.05, 0) is 35.7 Å². The molecule has 2 aromatic carbocycles. The number of rotatable bonds is 6. The van der Waals surface area contributed by atoms with Crippen molar-refractivity contribution in [3.63, 3.8) is 0 Å². The third-order valence-electron chi connectivity index (χ3n) is 4.55. The van der Waals surface area contributed by atoms with E-state index in [1.165, 1.54) is 4.90 Å². The minimum Gasteiger partial charge on any atom is -0.503 e. The molecule has 1 N–H and O–H groups in total. The molecule has 1 aliphatic rings. The Hall–Kier alpha value is -3.08. The Labute approximate surface area is 158 Å². The minimum atomic E-state index is -0.693. The zero-order valence-corrected chi connectivity index (χ0v) is 15.7. The molecule has 0 aromatic heterocycles. The van der Waals surface area contributed by atoms with Crippen molar-refractivity contribution in [3.8, 4) is 5.75 Å². The molecule has 3 rings (SSSR count). The first-order valence-electron chi connectivity index (χ1n) is 8.93. The molecule has 1 heterocycles. The number of ether oxygens (including phenoxy) is 1. The molecule has 0 aliphatic carbocycles. The topological polar surface area (TPSA) is 66.8 Å². The third kappa shape index (κ3) is 3.58. The number of aliphatic hydroxyl groups excluding tert-OH is 1. The molecular weight excluding hydrogens is 342 g/mol. The number of benzene rings is 2. The van der Waals surface area contributed by atoms with E-state index in [4.69, 9.17) is 4.74 Å². The fourth-order valence-corrected chi connectivity index (χ4v) is 3.35. The van der Waals surface area contributed by atoms with Gasteiger partial charge in [0.25, 0.3) is 5.91 Å². The molecule has 5 nitrogen and oxygen atoms in total. The first-order chi connectivity index (χ1) is 12.9. The van der Waals surface area contributed by atoms with E-state index in [-0.39, 0.29) is 23.7 Å². The number of methoxy groups -OCH3 is 1. The molecule has 140 valence electrons. The summed E-state index contributed by atoms with van der Waals surface area (Å²) in [6, 6.07) is 15.6. The molecular formula is C22H23NO4. The molecule has 1 aliphatic heterocycles. The Kier molecular flexibility index (Phi) is 5.31. The maximum atomic E-state index is 12.9. The predicted molar refractivity (Wildman–Crippen MR) is 104 cm³/mol. The van der Waals surface area contributed by atoms with Gasteiger partial charge in [-0.1, -0.05) is 44.2 Å². The lowest BCUT2D eigenvalue weighted by Gasteiger charge is -2.27. The van der Waals surface area contributed by atoms with Crippen LogP contribution in [0.1, 0.15) is 31.9 Å². The second-order valence-electron chi connectivity index (χ2n) is 6.97. The summed E-state index contributed by atoms with van der Waals surface area (Å²) in [6.07, 6.45) is 0.260. The predicted octanol–water partition coefficient (Wildman–Crippen LogP) is 4.21. The smallest absolute Gasteiger partial charge is 0.294 e. The van der Waals surface area contributed by atoms with Crippen LogP contribution in [0.3, 0.4) is 0 Å². The van der Waals surface area contributed by atoms with Crippen molar-refractivity contribution >= 4 is 17.4 Å². The highest BCUT2D eigenvalue weighted by Crippen LogP contribution is 2.42. The molecule has 5 heteroatoms. The maximum absolute atomic E-state index is 12.9. The summed E-state index contributed by atoms with van der Waals surface area (Å²) in [5, 5.41) is 10.6. The van der Waals surface area contributed by atoms with Gasteiger partial charge in [0.1, 0.15) is 5.75 Å². The Bertz CT molecular complexity index is 886. The van der Waals surface area contributed by atoms with Crippen LogP contribution in [0.15, 0.2) is 65.9 Å². The first kappa shape index (κ1) is 18.7. The lowest BCUT2D eigenvalue weighted by Crippen LogP contribution is -2.31. The van der Waals surface area contributed by atoms with Gasteiger partial charge in [-0.25, -0.2) is 0 Å². The number of anilines is 1. The molecule has 27 heavy (non-hydrogen) atoms. The number of ketones is 1. The van der Waals surface area contributed by atoms with Crippen LogP contribution in [0.5, 0.6) is 5.75 Å². The van der Waals surface area contributed by atoms with E-state index in [1.54, 1.807) is 31.4 Å². The van der Waals surface area contributed by atoms with Gasteiger partial charge in [-0.15, -0.1) is 0 Å². The van der Waals surface area contributed by atoms with Gasteiger partial charge in [0.15, 0.2) is 11.5 Å². The molecule has 0 saturated heterocycles. The Morgan fingerprint density at radius 3 is 2.48 bits per heavy atom. The quantitative estimate of drug-likeness (QED) is 0.833. The summed E-state index contributed by atoms with van der Waals surface area (Å²) in [6.45, 7) is 3.86. The standard InChI is InChI=1S/C22H23NO4/c1-14(2)12-18(24)19-20(15-8-7-11-17(13-15)27-3)23(22(26)21(19)25)16-9-5-4-6-10-16/h4-11,13-14,20,25H,12H2,1-3H3. The lowest BCUT2D eigenvalue weighted by molar-refractivity contribution is -0.118. The summed E-state index contributed by atoms with van der Waals surface area (Å²) in [4.78, 5) is 27.2. The number of hydrogen-bond acceptors (Lipinski definition) is 4. The summed E-state index contributed by atoms with van der Waals surface area (Å²) in [5.74, 6) is -0.528. The number of hydrogen-bond donors (Lipinski definition) is 1. The molecule has 0 spiro atoms. The molecule has 2 aromatic rings. The van der Waals surface area contributed by atoms with Crippen LogP contribution in [-0.2, 0) is 9.59 Å². The van der Waals surface area contributed by atoms with Gasteiger partial charge in [0, 0.05) is 12.1 Å². The van der Waals surface area contributed by atoms with Gasteiger partial charge in [-0.3, -0.25) is 14.5 Å². The number of carbonyl (C=O) groups is 2. The summed E-state index contributed by atoms with van der Waals surface area (Å²) in [5.41, 5.74) is 1.47. The van der Waals surface area contributed by atoms with Crippen molar-refractivity contribution in [2.45, 2.75) is 26.3 Å². The van der Waals surface area contributed by atoms with E-state index >= 15 is 0 Å². The van der Waals surface area contributed by atoms with E-state index in [1.807, 2.05) is 44.2 Å². The Morgan fingerprint density at radius 2 is 1.85 bits per heavy atom. The van der Waals surface area contributed by atoms with E-state index in [9.17, 15) is 14.7 Å². The fraction of sp³-hybridized carbons (Fsp3) is 0.273. The minimum absolute atomic E-state index is 0.115. The second kappa shape index (κ2) is 7.66. The summed E-state index contributed by atoms with van der Waals surface area (Å²) in [7, 11) is 1.56. The number of nitrogens with zero attached hydrogens (tertiary/aromatic N) is 1. The van der Waals surface area contributed by atoms with Crippen molar-refractivity contribution < 1.29 is 19.4 Å². The van der Waals surface area contributed by atoms with Crippen molar-refractivity contribution in [3.05, 3.63) is 71.5 Å². The van der Waals surface area contributed by atoms with Crippen molar-refractivity contribution in [2.24, 2.45) is 5.92 Å². The van der Waals surface area contributed by atoms with Crippen LogP contribution in [-0.4, -0.2) is 23.9 Å². The van der Waals surface area contributed by atoms with E-state index in [0.717, 1.165) is 0 Å². The molecule has 0 radical (unpaired) electrons. The first-order valence-corrected chi connectivity index (χ1v) is 8.93. The number of carbonyl (C=O) groups excluding carboxylic acids is 2. The van der Waals surface area contributed by atoms with Crippen LogP contribution < -0.4 is 9.64 Å². The molecule has 0 fully saturated rings. The van der Waals surface area contributed by atoms with Crippen molar-refractivity contribution in [2.75, 3.05) is 12.0 Å². The average Bonchev–Trinajstić information content (AvgIpc) is 2.93. The number of Topliss-reactive ketones (excluding diaryl/α,β-unsaturated/α-hetero) is 1. The van der Waals surface area contributed by atoms with Crippen LogP contribution >= 0.6 is 0 Å². The van der Waals surface area contributed by atoms with Crippen LogP contribution in [0.25, 0.3) is 0 Å². The van der Waals surface area contributed by atoms with Gasteiger partial charge < -0.3 is 9.84 Å². The molecule has 0 saturated carbocycles. The van der Waals surface area contributed by atoms with Crippen LogP contribution in [0.2, 0.25) is 0 Å². The SMILES string of the molecule is COc1cccc(C2C(C(=O)CC(C)C)=C(O)C(=O)N2c2ccccc2)c1. The third-order valence-corrected chi connectivity index (χ3v) is 4.55. The zero-order valence-electron chi connectivity index (χ0n) is 15.7. The molecule has 0 bridgehead atoms. The van der Waals surface area contributed by atoms with Gasteiger partial charge in [0.05, 0.1) is 18.7 Å². The Morgan fingerprint density at radius 1 is 1.15 bits per heavy atom. The van der Waals surface area contributed by atoms with Gasteiger partial charge in [-0.2, -0.15) is 0 Å². The number of para-hydroxylation sites is 1. The monoisotopic (exact) mass is 365 g/mol. The molecule has 1 amide bonds. The molecule has 1 unspecified atom stereocenters. The highest BCUT2D eigenvalue weighted by Gasteiger charge is 2.44. The second-order valence-corrected chi connectivity index (χ2v) is 6.97.